The van der Waals surface area contributed by atoms with Crippen molar-refractivity contribution in [2.24, 2.45) is 5.92 Å². The van der Waals surface area contributed by atoms with Gasteiger partial charge in [0.25, 0.3) is 5.91 Å². The maximum atomic E-state index is 12.8. The van der Waals surface area contributed by atoms with Crippen LogP contribution in [0.1, 0.15) is 19.8 Å². The Bertz CT molecular complexity index is 1170. The highest BCUT2D eigenvalue weighted by atomic mass is 16.5. The lowest BCUT2D eigenvalue weighted by molar-refractivity contribution is -0.147. The number of aliphatic carboxylic acids is 1. The van der Waals surface area contributed by atoms with Gasteiger partial charge in [0.15, 0.2) is 6.10 Å². The van der Waals surface area contributed by atoms with Crippen LogP contribution in [-0.4, -0.2) is 41.1 Å². The van der Waals surface area contributed by atoms with Crippen molar-refractivity contribution in [2.45, 2.75) is 25.9 Å². The van der Waals surface area contributed by atoms with Gasteiger partial charge in [-0.05, 0) is 43.0 Å². The van der Waals surface area contributed by atoms with Crippen molar-refractivity contribution in [3.05, 3.63) is 65.0 Å². The van der Waals surface area contributed by atoms with Gasteiger partial charge in [0.2, 0.25) is 0 Å². The van der Waals surface area contributed by atoms with Crippen molar-refractivity contribution in [2.75, 3.05) is 13.1 Å². The van der Waals surface area contributed by atoms with E-state index in [4.69, 9.17) is 9.15 Å². The first kappa shape index (κ1) is 20.7. The van der Waals surface area contributed by atoms with Crippen molar-refractivity contribution in [3.8, 4) is 16.9 Å². The molecular weight excluding hydrogens is 398 g/mol. The standard InChI is InChI=1S/C24H23NO6/c1-15(23(27)25-11-5-8-17(14-25)24(28)29)30-18-9-10-19-20(16-6-3-2-4-7-16)13-22(26)31-21(19)12-18/h2-4,6-7,9-10,12-13,15,17H,5,8,11,14H2,1H3,(H,28,29)/t15?,17-/m1/s1. The number of hydrogen-bond acceptors (Lipinski definition) is 5. The normalized spacial score (nSPS) is 17.3. The maximum Gasteiger partial charge on any atom is 0.336 e. The van der Waals surface area contributed by atoms with Gasteiger partial charge >= 0.3 is 11.6 Å². The molecule has 1 saturated heterocycles. The van der Waals surface area contributed by atoms with Crippen LogP contribution < -0.4 is 10.4 Å². The van der Waals surface area contributed by atoms with Crippen molar-refractivity contribution < 1.29 is 23.8 Å². The fourth-order valence-electron chi connectivity index (χ4n) is 3.96. The van der Waals surface area contributed by atoms with E-state index in [0.717, 1.165) is 16.5 Å². The third-order valence-corrected chi connectivity index (χ3v) is 5.54. The number of hydrogen-bond donors (Lipinski definition) is 1. The number of carbonyl (C=O) groups is 2. The fraction of sp³-hybridized carbons (Fsp3) is 0.292. The Hall–Kier alpha value is -3.61. The van der Waals surface area contributed by atoms with Crippen LogP contribution in [0.4, 0.5) is 0 Å². The highest BCUT2D eigenvalue weighted by molar-refractivity contribution is 5.93. The second kappa shape index (κ2) is 8.63. The van der Waals surface area contributed by atoms with E-state index in [1.165, 1.54) is 6.07 Å². The minimum absolute atomic E-state index is 0.189. The second-order valence-electron chi connectivity index (χ2n) is 7.72. The maximum absolute atomic E-state index is 12.8. The van der Waals surface area contributed by atoms with E-state index in [0.29, 0.717) is 30.7 Å². The summed E-state index contributed by atoms with van der Waals surface area (Å²) in [5, 5.41) is 10.00. The Morgan fingerprint density at radius 1 is 1.16 bits per heavy atom. The van der Waals surface area contributed by atoms with Gasteiger partial charge in [-0.1, -0.05) is 30.3 Å². The van der Waals surface area contributed by atoms with Crippen LogP contribution in [0.3, 0.4) is 0 Å². The molecule has 7 heteroatoms. The quantitative estimate of drug-likeness (QED) is 0.633. The SMILES string of the molecule is CC(Oc1ccc2c(-c3ccccc3)cc(=O)oc2c1)C(=O)N1CCC[C@@H](C(=O)O)C1. The Labute approximate surface area is 178 Å². The molecule has 0 radical (unpaired) electrons. The molecule has 4 rings (SSSR count). The zero-order chi connectivity index (χ0) is 22.0. The molecule has 31 heavy (non-hydrogen) atoms. The number of piperidine rings is 1. The third kappa shape index (κ3) is 4.45. The summed E-state index contributed by atoms with van der Waals surface area (Å²) in [4.78, 5) is 37.7. The molecule has 1 amide bonds. The van der Waals surface area contributed by atoms with Crippen LogP contribution in [0.25, 0.3) is 22.1 Å². The van der Waals surface area contributed by atoms with Crippen molar-refractivity contribution in [3.63, 3.8) is 0 Å². The van der Waals surface area contributed by atoms with E-state index in [-0.39, 0.29) is 12.5 Å². The summed E-state index contributed by atoms with van der Waals surface area (Å²) in [5.41, 5.74) is 1.55. The van der Waals surface area contributed by atoms with E-state index in [9.17, 15) is 19.5 Å². The summed E-state index contributed by atoms with van der Waals surface area (Å²) < 4.78 is 11.2. The molecule has 2 atom stereocenters. The summed E-state index contributed by atoms with van der Waals surface area (Å²) in [7, 11) is 0. The van der Waals surface area contributed by atoms with Gasteiger partial charge in [-0.15, -0.1) is 0 Å². The van der Waals surface area contributed by atoms with Gasteiger partial charge in [0.05, 0.1) is 5.92 Å². The van der Waals surface area contributed by atoms with Crippen LogP contribution in [0.2, 0.25) is 0 Å². The van der Waals surface area contributed by atoms with Gasteiger partial charge in [-0.3, -0.25) is 9.59 Å². The number of amides is 1. The molecule has 1 fully saturated rings. The summed E-state index contributed by atoms with van der Waals surface area (Å²) in [5.74, 6) is -1.29. The van der Waals surface area contributed by atoms with Gasteiger partial charge in [-0.2, -0.15) is 0 Å². The molecule has 1 unspecified atom stereocenters. The zero-order valence-corrected chi connectivity index (χ0v) is 17.1. The van der Waals surface area contributed by atoms with Crippen LogP contribution in [0.5, 0.6) is 5.75 Å². The van der Waals surface area contributed by atoms with E-state index < -0.39 is 23.6 Å². The van der Waals surface area contributed by atoms with Crippen LogP contribution in [0, 0.1) is 5.92 Å². The number of nitrogens with zero attached hydrogens (tertiary/aromatic N) is 1. The molecule has 2 aromatic carbocycles. The van der Waals surface area contributed by atoms with Crippen molar-refractivity contribution in [1.82, 2.24) is 4.90 Å². The lowest BCUT2D eigenvalue weighted by Gasteiger charge is -2.32. The number of carboxylic acid groups (broad SMARTS) is 1. The zero-order valence-electron chi connectivity index (χ0n) is 17.1. The Morgan fingerprint density at radius 3 is 2.68 bits per heavy atom. The molecule has 2 heterocycles. The first-order chi connectivity index (χ1) is 14.9. The summed E-state index contributed by atoms with van der Waals surface area (Å²) in [6.45, 7) is 2.34. The number of likely N-dealkylation sites (tertiary alicyclic amines) is 1. The number of carbonyl (C=O) groups excluding carboxylic acids is 1. The molecule has 7 nitrogen and oxygen atoms in total. The number of benzene rings is 2. The third-order valence-electron chi connectivity index (χ3n) is 5.54. The molecule has 3 aromatic rings. The predicted molar refractivity (Wildman–Crippen MR) is 115 cm³/mol. The minimum atomic E-state index is -0.884. The number of rotatable bonds is 5. The van der Waals surface area contributed by atoms with Gasteiger partial charge < -0.3 is 19.2 Å². The highest BCUT2D eigenvalue weighted by Gasteiger charge is 2.31. The molecule has 0 aliphatic carbocycles. The van der Waals surface area contributed by atoms with E-state index in [2.05, 4.69) is 0 Å². The molecular formula is C24H23NO6. The Balaban J connectivity index is 1.56. The van der Waals surface area contributed by atoms with Crippen LogP contribution >= 0.6 is 0 Å². The van der Waals surface area contributed by atoms with E-state index in [1.807, 2.05) is 30.3 Å². The fourth-order valence-corrected chi connectivity index (χ4v) is 3.96. The van der Waals surface area contributed by atoms with E-state index >= 15 is 0 Å². The molecule has 0 saturated carbocycles. The average Bonchev–Trinajstić information content (AvgIpc) is 2.78. The average molecular weight is 421 g/mol. The first-order valence-electron chi connectivity index (χ1n) is 10.2. The number of ether oxygens (including phenoxy) is 1. The highest BCUT2D eigenvalue weighted by Crippen LogP contribution is 2.30. The molecule has 1 aromatic heterocycles. The van der Waals surface area contributed by atoms with Crippen LogP contribution in [-0.2, 0) is 9.59 Å². The molecule has 1 aliphatic rings. The monoisotopic (exact) mass is 421 g/mol. The van der Waals surface area contributed by atoms with Crippen LogP contribution in [0.15, 0.2) is 63.8 Å². The van der Waals surface area contributed by atoms with Crippen molar-refractivity contribution >= 4 is 22.8 Å². The largest absolute Gasteiger partial charge is 0.481 e. The number of carboxylic acids is 1. The molecule has 0 bridgehead atoms. The summed E-state index contributed by atoms with van der Waals surface area (Å²) >= 11 is 0. The predicted octanol–water partition coefficient (Wildman–Crippen LogP) is 3.55. The van der Waals surface area contributed by atoms with Gasteiger partial charge in [0, 0.05) is 30.6 Å². The molecule has 1 N–H and O–H groups in total. The first-order valence-corrected chi connectivity index (χ1v) is 10.2. The molecule has 1 aliphatic heterocycles. The minimum Gasteiger partial charge on any atom is -0.481 e. The number of fused-ring (bicyclic) bond motifs is 1. The lowest BCUT2D eigenvalue weighted by Crippen LogP contribution is -2.47. The topological polar surface area (TPSA) is 97.0 Å². The van der Waals surface area contributed by atoms with Gasteiger partial charge in [0.1, 0.15) is 11.3 Å². The lowest BCUT2D eigenvalue weighted by atomic mass is 9.98. The summed E-state index contributed by atoms with van der Waals surface area (Å²) in [6.07, 6.45) is 0.426. The molecule has 0 spiro atoms. The van der Waals surface area contributed by atoms with E-state index in [1.54, 1.807) is 30.0 Å². The smallest absolute Gasteiger partial charge is 0.336 e. The Kier molecular flexibility index (Phi) is 5.75. The van der Waals surface area contributed by atoms with Crippen molar-refractivity contribution in [1.29, 1.82) is 0 Å². The molecule has 160 valence electrons. The van der Waals surface area contributed by atoms with Gasteiger partial charge in [-0.25, -0.2) is 4.79 Å². The second-order valence-corrected chi connectivity index (χ2v) is 7.72. The Morgan fingerprint density at radius 2 is 1.94 bits per heavy atom. The summed E-state index contributed by atoms with van der Waals surface area (Å²) in [6, 6.07) is 16.1.